The molecule has 0 aromatic carbocycles. The molecule has 3 N–H and O–H groups in total. The smallest absolute Gasteiger partial charge is 0.316 e. The fourth-order valence-electron chi connectivity index (χ4n) is 6.23. The van der Waals surface area contributed by atoms with Crippen LogP contribution < -0.4 is 5.73 Å². The van der Waals surface area contributed by atoms with Crippen LogP contribution in [0.25, 0.3) is 0 Å². The van der Waals surface area contributed by atoms with Crippen molar-refractivity contribution in [3.8, 4) is 11.8 Å². The van der Waals surface area contributed by atoms with E-state index in [1.807, 2.05) is 41.5 Å². The highest BCUT2D eigenvalue weighted by molar-refractivity contribution is 6.00. The summed E-state index contributed by atoms with van der Waals surface area (Å²) < 4.78 is 12.2. The summed E-state index contributed by atoms with van der Waals surface area (Å²) in [6.45, 7) is 18.1. The Morgan fingerprint density at radius 3 is 2.50 bits per heavy atom. The number of pyridine rings is 1. The van der Waals surface area contributed by atoms with Gasteiger partial charge in [0.15, 0.2) is 6.61 Å². The molecule has 11 heteroatoms. The topological polar surface area (TPSA) is 163 Å². The number of ether oxygens (including phenoxy) is 2. The number of amides is 1. The summed E-state index contributed by atoms with van der Waals surface area (Å²) >= 11 is 0. The van der Waals surface area contributed by atoms with E-state index in [0.717, 1.165) is 6.42 Å². The number of Topliss-reactive ketones (excluding diaryl/α,β-unsaturated/α-hetero) is 1. The highest BCUT2D eigenvalue weighted by Gasteiger charge is 2.46. The summed E-state index contributed by atoms with van der Waals surface area (Å²) in [5, 5.41) is 16.7. The van der Waals surface area contributed by atoms with Gasteiger partial charge in [-0.1, -0.05) is 58.7 Å². The Morgan fingerprint density at radius 2 is 1.90 bits per heavy atom. The van der Waals surface area contributed by atoms with Gasteiger partial charge in [-0.25, -0.2) is 9.98 Å². The Balaban J connectivity index is 2.58. The lowest BCUT2D eigenvalue weighted by molar-refractivity contribution is -0.178. The molecule has 1 aliphatic heterocycles. The molecule has 48 heavy (non-hydrogen) atoms. The van der Waals surface area contributed by atoms with Crippen molar-refractivity contribution in [3.05, 3.63) is 23.9 Å². The van der Waals surface area contributed by atoms with E-state index in [9.17, 15) is 19.5 Å². The molecule has 1 amide bonds. The van der Waals surface area contributed by atoms with Crippen LogP contribution in [0.1, 0.15) is 101 Å². The molecule has 0 unspecified atom stereocenters. The lowest BCUT2D eigenvalue weighted by Gasteiger charge is -2.43. The molecule has 1 aromatic heterocycles. The second-order valence-corrected chi connectivity index (χ2v) is 13.3. The fraction of sp³-hybridized carbons (Fsp3) is 0.676. The van der Waals surface area contributed by atoms with Gasteiger partial charge in [0.2, 0.25) is 5.91 Å². The number of rotatable bonds is 7. The van der Waals surface area contributed by atoms with E-state index in [1.165, 1.54) is 6.92 Å². The lowest BCUT2D eigenvalue weighted by atomic mass is 9.70. The van der Waals surface area contributed by atoms with Crippen LogP contribution in [-0.2, 0) is 28.7 Å². The number of anilines is 1. The largest absolute Gasteiger partial charge is 0.459 e. The van der Waals surface area contributed by atoms with E-state index in [-0.39, 0.29) is 48.8 Å². The second-order valence-electron chi connectivity index (χ2n) is 13.3. The minimum Gasteiger partial charge on any atom is -0.459 e. The van der Waals surface area contributed by atoms with Gasteiger partial charge in [0.25, 0.3) is 0 Å². The first-order chi connectivity index (χ1) is 22.5. The first-order valence-corrected chi connectivity index (χ1v) is 17.1. The second kappa shape index (κ2) is 18.8. The Labute approximate surface area is 286 Å². The van der Waals surface area contributed by atoms with Crippen LogP contribution in [0.5, 0.6) is 0 Å². The van der Waals surface area contributed by atoms with Gasteiger partial charge in [0.1, 0.15) is 34.9 Å². The predicted molar refractivity (Wildman–Crippen MR) is 187 cm³/mol. The molecule has 2 rings (SSSR count). The number of ketones is 1. The van der Waals surface area contributed by atoms with Crippen molar-refractivity contribution in [2.24, 2.45) is 45.7 Å². The summed E-state index contributed by atoms with van der Waals surface area (Å²) in [4.78, 5) is 53.2. The van der Waals surface area contributed by atoms with Crippen molar-refractivity contribution < 1.29 is 33.8 Å². The minimum atomic E-state index is -1.56. The zero-order valence-electron chi connectivity index (χ0n) is 30.4. The highest BCUT2D eigenvalue weighted by Crippen LogP contribution is 2.38. The average molecular weight is 669 g/mol. The first kappa shape index (κ1) is 40.6. The highest BCUT2D eigenvalue weighted by atomic mass is 16.6. The van der Waals surface area contributed by atoms with Crippen LogP contribution in [0.4, 0.5) is 5.82 Å². The number of carbonyl (C=O) groups is 3. The Hall–Kier alpha value is -3.62. The third-order valence-corrected chi connectivity index (χ3v) is 9.84. The zero-order valence-corrected chi connectivity index (χ0v) is 30.4. The Morgan fingerprint density at radius 1 is 1.21 bits per heavy atom. The van der Waals surface area contributed by atoms with Crippen LogP contribution in [-0.4, -0.2) is 70.2 Å². The van der Waals surface area contributed by atoms with E-state index < -0.39 is 35.4 Å². The van der Waals surface area contributed by atoms with Gasteiger partial charge in [-0.15, -0.1) is 0 Å². The molecular formula is C37H56N4O7. The standard InChI is InChI=1S/C37H56N4O7/c1-11-22(3)34(39-28(9)42)25(6)31-19-18-30(41-47-20-14-16-29-15-13-17-33(38)40-29)21-46-27(8)23(4)24(5)35(43)26(7)36(44)48-32(12-2)37(31,10)45/h13,15,17,22-27,31-32,45H,11-12,18-21H2,1-10H3,(H2,38,40)/b39-34+,41-30+/t22-,23-,24-,25-,26-,27-,31-,32-,37+/m1/s1. The maximum Gasteiger partial charge on any atom is 0.316 e. The molecule has 266 valence electrons. The summed E-state index contributed by atoms with van der Waals surface area (Å²) in [5.74, 6) is 2.23. The number of nitrogens with zero attached hydrogens (tertiary/aromatic N) is 3. The monoisotopic (exact) mass is 668 g/mol. The number of nitrogen functional groups attached to an aromatic ring is 1. The molecule has 1 saturated heterocycles. The number of cyclic esters (lactones) is 1. The van der Waals surface area contributed by atoms with Crippen molar-refractivity contribution in [2.45, 2.75) is 113 Å². The molecule has 11 nitrogen and oxygen atoms in total. The van der Waals surface area contributed by atoms with Gasteiger partial charge in [0, 0.05) is 24.5 Å². The Bertz CT molecular complexity index is 1380. The third-order valence-electron chi connectivity index (χ3n) is 9.84. The van der Waals surface area contributed by atoms with Crippen LogP contribution >= 0.6 is 0 Å². The number of nitrogens with two attached hydrogens (primary N) is 1. The SMILES string of the molecule is CC[C@@H](C)/C(=N\C(C)=O)[C@H](C)[C@H]1CC/C(=N\OCC#Cc2cccc(N)n2)CO[C@H](C)[C@H](C)[C@@H](C)C(=O)[C@@H](C)C(=O)O[C@H](CC)[C@@]1(C)O. The van der Waals surface area contributed by atoms with Crippen molar-refractivity contribution in [3.63, 3.8) is 0 Å². The number of aliphatic imine (C=N–C) groups is 1. The molecule has 1 fully saturated rings. The van der Waals surface area contributed by atoms with Crippen molar-refractivity contribution in [1.29, 1.82) is 0 Å². The quantitative estimate of drug-likeness (QED) is 0.0964. The van der Waals surface area contributed by atoms with E-state index in [0.29, 0.717) is 42.2 Å². The first-order valence-electron chi connectivity index (χ1n) is 17.1. The maximum absolute atomic E-state index is 13.4. The van der Waals surface area contributed by atoms with Gasteiger partial charge in [-0.3, -0.25) is 14.4 Å². The van der Waals surface area contributed by atoms with Crippen molar-refractivity contribution >= 4 is 34.9 Å². The van der Waals surface area contributed by atoms with Gasteiger partial charge in [0.05, 0.1) is 18.4 Å². The molecule has 0 radical (unpaired) electrons. The van der Waals surface area contributed by atoms with Gasteiger partial charge in [-0.2, -0.15) is 0 Å². The fourth-order valence-corrected chi connectivity index (χ4v) is 6.23. The molecule has 1 aromatic rings. The molecule has 0 bridgehead atoms. The van der Waals surface area contributed by atoms with Crippen LogP contribution in [0.3, 0.4) is 0 Å². The molecule has 1 aliphatic rings. The molecule has 2 heterocycles. The van der Waals surface area contributed by atoms with Gasteiger partial charge >= 0.3 is 5.97 Å². The normalized spacial score (nSPS) is 30.2. The number of esters is 1. The molecule has 0 saturated carbocycles. The third kappa shape index (κ3) is 11.2. The number of hydrogen-bond acceptors (Lipinski definition) is 10. The van der Waals surface area contributed by atoms with E-state index in [2.05, 4.69) is 27.0 Å². The van der Waals surface area contributed by atoms with E-state index in [1.54, 1.807) is 39.0 Å². The Kier molecular flexibility index (Phi) is 15.9. The average Bonchev–Trinajstić information content (AvgIpc) is 3.05. The van der Waals surface area contributed by atoms with Crippen molar-refractivity contribution in [1.82, 2.24) is 4.98 Å². The van der Waals surface area contributed by atoms with Crippen LogP contribution in [0.2, 0.25) is 0 Å². The summed E-state index contributed by atoms with van der Waals surface area (Å²) in [6.07, 6.45) is 0.518. The van der Waals surface area contributed by atoms with Crippen molar-refractivity contribution in [2.75, 3.05) is 18.9 Å². The molecule has 0 aliphatic carbocycles. The summed E-state index contributed by atoms with van der Waals surface area (Å²) in [7, 11) is 0. The summed E-state index contributed by atoms with van der Waals surface area (Å²) in [6, 6.07) is 5.19. The number of aliphatic hydroxyl groups is 1. The minimum absolute atomic E-state index is 0.00972. The molecular weight excluding hydrogens is 612 g/mol. The molecule has 9 atom stereocenters. The lowest BCUT2D eigenvalue weighted by Crippen LogP contribution is -2.52. The van der Waals surface area contributed by atoms with Crippen LogP contribution in [0.15, 0.2) is 28.3 Å². The number of oxime groups is 1. The van der Waals surface area contributed by atoms with Crippen LogP contribution in [0, 0.1) is 47.3 Å². The number of hydrogen-bond donors (Lipinski definition) is 2. The van der Waals surface area contributed by atoms with Gasteiger partial charge < -0.3 is 25.2 Å². The van der Waals surface area contributed by atoms with E-state index >= 15 is 0 Å². The number of aromatic nitrogens is 1. The predicted octanol–water partition coefficient (Wildman–Crippen LogP) is 5.42. The van der Waals surface area contributed by atoms with E-state index in [4.69, 9.17) is 20.0 Å². The number of carbonyl (C=O) groups excluding carboxylic acids is 3. The maximum atomic E-state index is 13.4. The zero-order chi connectivity index (χ0) is 36.2. The van der Waals surface area contributed by atoms with Gasteiger partial charge in [-0.05, 0) is 82.3 Å². The molecule has 0 spiro atoms. The summed E-state index contributed by atoms with van der Waals surface area (Å²) in [5.41, 5.74) is 5.94.